The topological polar surface area (TPSA) is 25.4 Å². The molecule has 50 heavy (non-hydrogen) atoms. The Kier molecular flexibility index (Phi) is 13.5. The third kappa shape index (κ3) is 9.52. The highest BCUT2D eigenvalue weighted by molar-refractivity contribution is 5.00. The van der Waals surface area contributed by atoms with Crippen LogP contribution in [0, 0.1) is 21.7 Å². The molecular weight excluding hydrogens is 615 g/mol. The van der Waals surface area contributed by atoms with Crippen molar-refractivity contribution in [2.75, 3.05) is 78.7 Å². The largest absolute Gasteiger partial charge is 0.378 e. The molecule has 6 heteroatoms. The molecule has 0 spiro atoms. The van der Waals surface area contributed by atoms with Gasteiger partial charge in [0, 0.05) is 75.0 Å². The molecule has 0 amide bonds. The van der Waals surface area contributed by atoms with Crippen LogP contribution in [0.2, 0.25) is 0 Å². The van der Waals surface area contributed by atoms with Gasteiger partial charge in [-0.2, -0.15) is 0 Å². The molecule has 294 valence electrons. The van der Waals surface area contributed by atoms with Gasteiger partial charge in [0.1, 0.15) is 0 Å². The maximum Gasteiger partial charge on any atom is 0.0645 e. The van der Waals surface area contributed by atoms with E-state index in [1.165, 1.54) is 117 Å². The summed E-state index contributed by atoms with van der Waals surface area (Å²) in [5, 5.41) is 0. The summed E-state index contributed by atoms with van der Waals surface area (Å²) >= 11 is 0. The van der Waals surface area contributed by atoms with Crippen LogP contribution in [-0.2, 0) is 4.74 Å². The van der Waals surface area contributed by atoms with Gasteiger partial charge in [-0.15, -0.1) is 0 Å². The van der Waals surface area contributed by atoms with E-state index < -0.39 is 0 Å². The van der Waals surface area contributed by atoms with Crippen molar-refractivity contribution < 1.29 is 4.74 Å². The van der Waals surface area contributed by atoms with Crippen molar-refractivity contribution in [2.45, 2.75) is 184 Å². The number of hydrogen-bond donors (Lipinski definition) is 0. The quantitative estimate of drug-likeness (QED) is 0.284. The Morgan fingerprint density at radius 2 is 0.900 bits per heavy atom. The Morgan fingerprint density at radius 3 is 1.20 bits per heavy atom. The van der Waals surface area contributed by atoms with Gasteiger partial charge in [-0.1, -0.05) is 75.7 Å². The molecule has 6 rings (SSSR count). The van der Waals surface area contributed by atoms with Crippen molar-refractivity contribution in [1.82, 2.24) is 24.5 Å². The standard InChI is InChI=1S/C16H32N2.C15H30N2.C13H25NO/c1-14(2,3)15(4,5)17-10-12-18(13-11-17)16(6)8-7-9-16;1-14(2,3)15(4,5)17-11-9-16(10-12-17)13-7-6-8-13;1-12(2,3)13(4)5-7-14(8-6-13)11-9-15-10-11/h7-13H2,1-6H3;13H,6-12H2,1-5H3;11H,5-10H2,1-4H3. The van der Waals surface area contributed by atoms with Crippen molar-refractivity contribution in [3.8, 4) is 0 Å². The van der Waals surface area contributed by atoms with Crippen molar-refractivity contribution in [2.24, 2.45) is 21.7 Å². The van der Waals surface area contributed by atoms with E-state index in [0.29, 0.717) is 38.3 Å². The molecule has 0 aromatic rings. The zero-order valence-electron chi connectivity index (χ0n) is 36.4. The number of piperazine rings is 2. The maximum absolute atomic E-state index is 5.27. The number of piperidine rings is 1. The molecule has 4 saturated heterocycles. The fraction of sp³-hybridized carbons (Fsp3) is 1.00. The van der Waals surface area contributed by atoms with Gasteiger partial charge in [-0.3, -0.25) is 24.5 Å². The lowest BCUT2D eigenvalue weighted by atomic mass is 9.63. The Balaban J connectivity index is 0.000000169. The molecule has 6 nitrogen and oxygen atoms in total. The zero-order chi connectivity index (χ0) is 37.4. The number of likely N-dealkylation sites (tertiary alicyclic amines) is 1. The van der Waals surface area contributed by atoms with Gasteiger partial charge in [0.05, 0.1) is 19.3 Å². The zero-order valence-corrected chi connectivity index (χ0v) is 36.4. The molecular formula is C44H87N5O. The van der Waals surface area contributed by atoms with E-state index in [2.05, 4.69) is 128 Å². The molecule has 6 aliphatic rings. The fourth-order valence-corrected chi connectivity index (χ4v) is 8.72. The summed E-state index contributed by atoms with van der Waals surface area (Å²) in [5.74, 6) is 0. The van der Waals surface area contributed by atoms with Crippen LogP contribution < -0.4 is 0 Å². The minimum absolute atomic E-state index is 0.291. The summed E-state index contributed by atoms with van der Waals surface area (Å²) in [7, 11) is 0. The first-order chi connectivity index (χ1) is 22.9. The molecule has 0 N–H and O–H groups in total. The lowest BCUT2D eigenvalue weighted by molar-refractivity contribution is -0.0908. The van der Waals surface area contributed by atoms with E-state index in [-0.39, 0.29) is 0 Å². The van der Waals surface area contributed by atoms with Gasteiger partial charge in [0.25, 0.3) is 0 Å². The van der Waals surface area contributed by atoms with Gasteiger partial charge in [-0.25, -0.2) is 0 Å². The second-order valence-corrected chi connectivity index (χ2v) is 22.1. The van der Waals surface area contributed by atoms with E-state index in [4.69, 9.17) is 4.74 Å². The molecule has 0 atom stereocenters. The minimum atomic E-state index is 0.291. The Morgan fingerprint density at radius 1 is 0.480 bits per heavy atom. The minimum Gasteiger partial charge on any atom is -0.378 e. The van der Waals surface area contributed by atoms with Crippen LogP contribution in [0.4, 0.5) is 0 Å². The Hall–Kier alpha value is -0.240. The van der Waals surface area contributed by atoms with Crippen molar-refractivity contribution >= 4 is 0 Å². The SMILES string of the molecule is CC(C)(C)C(C)(C)N1CCN(C2CCC2)CC1.CC(C)(C)C1(C)CCN(C2COC2)CC1.CC1(N2CCN(C(C)(C)C(C)(C)C)CC2)CCC1. The molecule has 4 aliphatic heterocycles. The average Bonchev–Trinajstić information content (AvgIpc) is 2.95. The first-order valence-electron chi connectivity index (χ1n) is 21.2. The molecule has 0 radical (unpaired) electrons. The van der Waals surface area contributed by atoms with E-state index in [0.717, 1.165) is 25.3 Å². The third-order valence-corrected chi connectivity index (χ3v) is 16.5. The number of hydrogen-bond acceptors (Lipinski definition) is 6. The van der Waals surface area contributed by atoms with Crippen molar-refractivity contribution in [3.63, 3.8) is 0 Å². The van der Waals surface area contributed by atoms with Crippen molar-refractivity contribution in [1.29, 1.82) is 0 Å². The summed E-state index contributed by atoms with van der Waals surface area (Å²) in [5.41, 5.74) is 2.79. The monoisotopic (exact) mass is 702 g/mol. The lowest BCUT2D eigenvalue weighted by Crippen LogP contribution is -2.63. The third-order valence-electron chi connectivity index (χ3n) is 16.5. The summed E-state index contributed by atoms with van der Waals surface area (Å²) in [6.07, 6.45) is 11.3. The number of rotatable bonds is 5. The highest BCUT2D eigenvalue weighted by atomic mass is 16.5. The first kappa shape index (κ1) is 42.5. The smallest absolute Gasteiger partial charge is 0.0645 e. The molecule has 0 aromatic carbocycles. The number of ether oxygens (including phenoxy) is 1. The second kappa shape index (κ2) is 15.9. The average molecular weight is 702 g/mol. The number of nitrogens with zero attached hydrogens (tertiary/aromatic N) is 5. The van der Waals surface area contributed by atoms with Gasteiger partial charge in [0.2, 0.25) is 0 Å². The van der Waals surface area contributed by atoms with Gasteiger partial charge < -0.3 is 4.74 Å². The maximum atomic E-state index is 5.27. The van der Waals surface area contributed by atoms with Crippen LogP contribution in [-0.4, -0.2) is 132 Å². The summed E-state index contributed by atoms with van der Waals surface area (Å²) in [6, 6.07) is 1.66. The molecule has 0 bridgehead atoms. The van der Waals surface area contributed by atoms with Crippen LogP contribution in [0.25, 0.3) is 0 Å². The van der Waals surface area contributed by atoms with E-state index in [1.807, 2.05) is 0 Å². The van der Waals surface area contributed by atoms with Gasteiger partial charge in [0.15, 0.2) is 0 Å². The van der Waals surface area contributed by atoms with Crippen molar-refractivity contribution in [3.05, 3.63) is 0 Å². The van der Waals surface area contributed by atoms with Gasteiger partial charge in [-0.05, 0) is 114 Å². The molecule has 0 aromatic heterocycles. The summed E-state index contributed by atoms with van der Waals surface area (Å²) in [4.78, 5) is 13.5. The molecule has 6 fully saturated rings. The Labute approximate surface area is 312 Å². The second-order valence-electron chi connectivity index (χ2n) is 22.1. The Bertz CT molecular complexity index is 1030. The molecule has 2 aliphatic carbocycles. The first-order valence-corrected chi connectivity index (χ1v) is 21.2. The van der Waals surface area contributed by atoms with E-state index in [9.17, 15) is 0 Å². The predicted molar refractivity (Wildman–Crippen MR) is 216 cm³/mol. The predicted octanol–water partition coefficient (Wildman–Crippen LogP) is 8.89. The molecule has 2 saturated carbocycles. The van der Waals surface area contributed by atoms with E-state index >= 15 is 0 Å². The van der Waals surface area contributed by atoms with E-state index in [1.54, 1.807) is 0 Å². The normalized spacial score (nSPS) is 27.2. The van der Waals surface area contributed by atoms with Crippen LogP contribution in [0.3, 0.4) is 0 Å². The van der Waals surface area contributed by atoms with Crippen LogP contribution >= 0.6 is 0 Å². The lowest BCUT2D eigenvalue weighted by Gasteiger charge is -2.55. The highest BCUT2D eigenvalue weighted by Crippen LogP contribution is 2.47. The van der Waals surface area contributed by atoms with Crippen LogP contribution in [0.15, 0.2) is 0 Å². The summed E-state index contributed by atoms with van der Waals surface area (Å²) in [6.45, 7) is 50.4. The fourth-order valence-electron chi connectivity index (χ4n) is 8.72. The summed E-state index contributed by atoms with van der Waals surface area (Å²) < 4.78 is 5.27. The van der Waals surface area contributed by atoms with Crippen LogP contribution in [0.1, 0.15) is 155 Å². The highest BCUT2D eigenvalue weighted by Gasteiger charge is 2.45. The van der Waals surface area contributed by atoms with Gasteiger partial charge >= 0.3 is 0 Å². The molecule has 0 unspecified atom stereocenters. The molecule has 4 heterocycles. The van der Waals surface area contributed by atoms with Crippen LogP contribution in [0.5, 0.6) is 0 Å².